The first kappa shape index (κ1) is 20.6. The maximum Gasteiger partial charge on any atom is 0.280 e. The van der Waals surface area contributed by atoms with Gasteiger partial charge in [0.15, 0.2) is 0 Å². The van der Waals surface area contributed by atoms with Gasteiger partial charge in [-0.25, -0.2) is 4.68 Å². The van der Waals surface area contributed by atoms with Gasteiger partial charge in [-0.2, -0.15) is 5.10 Å². The van der Waals surface area contributed by atoms with Crippen molar-refractivity contribution >= 4 is 17.5 Å². The molecule has 4 aromatic rings. The second-order valence-corrected chi connectivity index (χ2v) is 7.50. The van der Waals surface area contributed by atoms with Crippen molar-refractivity contribution in [3.8, 4) is 22.4 Å². The van der Waals surface area contributed by atoms with Crippen molar-refractivity contribution in [1.82, 2.24) is 15.1 Å². The van der Waals surface area contributed by atoms with Crippen LogP contribution in [0.25, 0.3) is 22.4 Å². The number of amides is 1. The lowest BCUT2D eigenvalue weighted by Crippen LogP contribution is -2.34. The van der Waals surface area contributed by atoms with Crippen LogP contribution >= 0.6 is 11.6 Å². The van der Waals surface area contributed by atoms with Gasteiger partial charge in [0.25, 0.3) is 11.5 Å². The van der Waals surface area contributed by atoms with Crippen LogP contribution < -0.4 is 10.9 Å². The molecule has 0 saturated heterocycles. The molecule has 0 unspecified atom stereocenters. The number of rotatable bonds is 5. The molecule has 0 aliphatic heterocycles. The summed E-state index contributed by atoms with van der Waals surface area (Å²) in [6.45, 7) is 0.274. The Morgan fingerprint density at radius 1 is 0.903 bits per heavy atom. The Morgan fingerprint density at radius 2 is 1.48 bits per heavy atom. The van der Waals surface area contributed by atoms with Gasteiger partial charge in [-0.3, -0.25) is 9.59 Å². The van der Waals surface area contributed by atoms with Gasteiger partial charge in [0.05, 0.1) is 5.69 Å². The number of nitrogens with zero attached hydrogens (tertiary/aromatic N) is 2. The summed E-state index contributed by atoms with van der Waals surface area (Å²) in [5.41, 5.74) is 3.16. The molecule has 1 N–H and O–H groups in total. The molecule has 0 bridgehead atoms. The first-order valence-electron chi connectivity index (χ1n) is 9.79. The highest BCUT2D eigenvalue weighted by Gasteiger charge is 2.24. The summed E-state index contributed by atoms with van der Waals surface area (Å²) in [7, 11) is 1.56. The van der Waals surface area contributed by atoms with E-state index in [1.807, 2.05) is 72.8 Å². The van der Waals surface area contributed by atoms with Gasteiger partial charge in [0.1, 0.15) is 5.56 Å². The zero-order valence-corrected chi connectivity index (χ0v) is 17.6. The van der Waals surface area contributed by atoms with E-state index in [1.54, 1.807) is 19.2 Å². The number of hydrogen-bond acceptors (Lipinski definition) is 3. The predicted octanol–water partition coefficient (Wildman–Crippen LogP) is 4.70. The number of aryl methyl sites for hydroxylation is 1. The fraction of sp³-hybridized carbons (Fsp3) is 0.0800. The minimum absolute atomic E-state index is 0.0662. The molecule has 6 heteroatoms. The van der Waals surface area contributed by atoms with Crippen molar-refractivity contribution in [2.24, 2.45) is 7.05 Å². The summed E-state index contributed by atoms with van der Waals surface area (Å²) in [6, 6.07) is 26.1. The molecule has 0 fully saturated rings. The Bertz CT molecular complexity index is 1270. The first-order valence-corrected chi connectivity index (χ1v) is 10.2. The standard InChI is InChI=1S/C25H20ClN3O2/c1-29-25(31)22(24(30)27-16-17-12-14-20(26)15-13-17)21(18-8-4-2-5-9-18)23(28-29)19-10-6-3-7-11-19/h2-15H,16H2,1H3,(H,27,30). The molecule has 0 radical (unpaired) electrons. The molecule has 1 heterocycles. The van der Waals surface area contributed by atoms with Crippen molar-refractivity contribution < 1.29 is 4.79 Å². The van der Waals surface area contributed by atoms with Crippen LogP contribution in [-0.4, -0.2) is 15.7 Å². The largest absolute Gasteiger partial charge is 0.348 e. The van der Waals surface area contributed by atoms with E-state index < -0.39 is 11.5 Å². The minimum Gasteiger partial charge on any atom is -0.348 e. The number of carbonyl (C=O) groups is 1. The van der Waals surface area contributed by atoms with E-state index in [2.05, 4.69) is 10.4 Å². The average molecular weight is 430 g/mol. The van der Waals surface area contributed by atoms with Crippen LogP contribution in [0.1, 0.15) is 15.9 Å². The topological polar surface area (TPSA) is 64.0 Å². The van der Waals surface area contributed by atoms with Crippen LogP contribution in [0.15, 0.2) is 89.7 Å². The third-order valence-corrected chi connectivity index (χ3v) is 5.20. The maximum absolute atomic E-state index is 13.3. The Balaban J connectivity index is 1.84. The molecule has 154 valence electrons. The van der Waals surface area contributed by atoms with E-state index in [1.165, 1.54) is 4.68 Å². The minimum atomic E-state index is -0.452. The Morgan fingerprint density at radius 3 is 2.10 bits per heavy atom. The lowest BCUT2D eigenvalue weighted by Gasteiger charge is -2.16. The van der Waals surface area contributed by atoms with Gasteiger partial charge < -0.3 is 5.32 Å². The summed E-state index contributed by atoms with van der Waals surface area (Å²) >= 11 is 5.93. The molecule has 31 heavy (non-hydrogen) atoms. The average Bonchev–Trinajstić information content (AvgIpc) is 2.81. The molecule has 1 amide bonds. The van der Waals surface area contributed by atoms with E-state index in [-0.39, 0.29) is 12.1 Å². The van der Waals surface area contributed by atoms with E-state index in [0.717, 1.165) is 16.7 Å². The van der Waals surface area contributed by atoms with Gasteiger partial charge in [0.2, 0.25) is 0 Å². The van der Waals surface area contributed by atoms with Gasteiger partial charge >= 0.3 is 0 Å². The molecular weight excluding hydrogens is 410 g/mol. The van der Waals surface area contributed by atoms with Gasteiger partial charge in [0, 0.05) is 29.7 Å². The highest BCUT2D eigenvalue weighted by Crippen LogP contribution is 2.31. The van der Waals surface area contributed by atoms with Crippen molar-refractivity contribution in [3.05, 3.63) is 111 Å². The number of benzene rings is 3. The molecule has 0 saturated carbocycles. The normalized spacial score (nSPS) is 10.6. The molecule has 5 nitrogen and oxygen atoms in total. The third-order valence-electron chi connectivity index (χ3n) is 4.95. The fourth-order valence-corrected chi connectivity index (χ4v) is 3.53. The Hall–Kier alpha value is -3.70. The van der Waals surface area contributed by atoms with Crippen molar-refractivity contribution in [3.63, 3.8) is 0 Å². The number of hydrogen-bond donors (Lipinski definition) is 1. The summed E-state index contributed by atoms with van der Waals surface area (Å²) < 4.78 is 1.21. The molecular formula is C25H20ClN3O2. The number of aromatic nitrogens is 2. The molecule has 3 aromatic carbocycles. The monoisotopic (exact) mass is 429 g/mol. The van der Waals surface area contributed by atoms with Crippen molar-refractivity contribution in [2.45, 2.75) is 6.54 Å². The smallest absolute Gasteiger partial charge is 0.280 e. The Labute approximate surface area is 184 Å². The highest BCUT2D eigenvalue weighted by molar-refractivity contribution is 6.30. The lowest BCUT2D eigenvalue weighted by atomic mass is 9.95. The second-order valence-electron chi connectivity index (χ2n) is 7.07. The van der Waals surface area contributed by atoms with E-state index in [4.69, 9.17) is 11.6 Å². The van der Waals surface area contributed by atoms with Gasteiger partial charge in [-0.15, -0.1) is 0 Å². The third kappa shape index (κ3) is 4.42. The predicted molar refractivity (Wildman–Crippen MR) is 123 cm³/mol. The first-order chi connectivity index (χ1) is 15.0. The summed E-state index contributed by atoms with van der Waals surface area (Å²) in [5, 5.41) is 7.99. The zero-order valence-electron chi connectivity index (χ0n) is 16.9. The summed E-state index contributed by atoms with van der Waals surface area (Å²) in [5.74, 6) is -0.450. The van der Waals surface area contributed by atoms with E-state index >= 15 is 0 Å². The van der Waals surface area contributed by atoms with Crippen molar-refractivity contribution in [2.75, 3.05) is 0 Å². The quantitative estimate of drug-likeness (QED) is 0.500. The van der Waals surface area contributed by atoms with Crippen molar-refractivity contribution in [1.29, 1.82) is 0 Å². The van der Waals surface area contributed by atoms with Crippen LogP contribution in [0.4, 0.5) is 0 Å². The SMILES string of the molecule is Cn1nc(-c2ccccc2)c(-c2ccccc2)c(C(=O)NCc2ccc(Cl)cc2)c1=O. The van der Waals surface area contributed by atoms with Crippen LogP contribution in [0.3, 0.4) is 0 Å². The second kappa shape index (κ2) is 8.98. The van der Waals surface area contributed by atoms with Crippen LogP contribution in [-0.2, 0) is 13.6 Å². The lowest BCUT2D eigenvalue weighted by molar-refractivity contribution is 0.0949. The molecule has 1 aromatic heterocycles. The molecule has 4 rings (SSSR count). The summed E-state index contributed by atoms with van der Waals surface area (Å²) in [4.78, 5) is 26.3. The van der Waals surface area contributed by atoms with Gasteiger partial charge in [-0.05, 0) is 23.3 Å². The molecule has 0 aliphatic rings. The molecule has 0 aliphatic carbocycles. The number of carbonyl (C=O) groups excluding carboxylic acids is 1. The summed E-state index contributed by atoms with van der Waals surface area (Å²) in [6.07, 6.45) is 0. The highest BCUT2D eigenvalue weighted by atomic mass is 35.5. The van der Waals surface area contributed by atoms with Crippen LogP contribution in [0.5, 0.6) is 0 Å². The fourth-order valence-electron chi connectivity index (χ4n) is 3.40. The maximum atomic E-state index is 13.3. The van der Waals surface area contributed by atoms with E-state index in [0.29, 0.717) is 16.3 Å². The Kier molecular flexibility index (Phi) is 5.96. The van der Waals surface area contributed by atoms with Gasteiger partial charge in [-0.1, -0.05) is 84.4 Å². The molecule has 0 spiro atoms. The van der Waals surface area contributed by atoms with Crippen LogP contribution in [0.2, 0.25) is 5.02 Å². The van der Waals surface area contributed by atoms with Crippen LogP contribution in [0, 0.1) is 0 Å². The number of halogens is 1. The zero-order chi connectivity index (χ0) is 21.8. The number of nitrogens with one attached hydrogen (secondary N) is 1. The molecule has 0 atom stereocenters. The van der Waals surface area contributed by atoms with E-state index in [9.17, 15) is 9.59 Å².